The van der Waals surface area contributed by atoms with Crippen molar-refractivity contribution in [1.29, 1.82) is 0 Å². The van der Waals surface area contributed by atoms with Crippen LogP contribution in [-0.4, -0.2) is 25.4 Å². The van der Waals surface area contributed by atoms with Gasteiger partial charge in [-0.2, -0.15) is 13.2 Å². The van der Waals surface area contributed by atoms with E-state index in [4.69, 9.17) is 5.73 Å². The molecule has 0 radical (unpaired) electrons. The van der Waals surface area contributed by atoms with E-state index in [0.29, 0.717) is 6.07 Å². The molecular weight excluding hydrogens is 270 g/mol. The third-order valence-electron chi connectivity index (χ3n) is 2.27. The molecule has 19 heavy (non-hydrogen) atoms. The minimum Gasteiger partial charge on any atom is -0.480 e. The number of methoxy groups -OCH3 is 1. The first-order chi connectivity index (χ1) is 8.66. The Balaban J connectivity index is 3.18. The second-order valence-electron chi connectivity index (χ2n) is 3.66. The lowest BCUT2D eigenvalue weighted by Crippen LogP contribution is -2.31. The van der Waals surface area contributed by atoms with Gasteiger partial charge in [-0.3, -0.25) is 0 Å². The minimum absolute atomic E-state index is 0.433. The predicted molar refractivity (Wildman–Crippen MR) is 58.3 cm³/mol. The van der Waals surface area contributed by atoms with E-state index in [1.165, 1.54) is 0 Å². The van der Waals surface area contributed by atoms with Gasteiger partial charge in [0.25, 0.3) is 0 Å². The highest BCUT2D eigenvalue weighted by Crippen LogP contribution is 2.30. The van der Waals surface area contributed by atoms with Gasteiger partial charge in [0.1, 0.15) is 17.1 Å². The van der Waals surface area contributed by atoms with Gasteiger partial charge >= 0.3 is 12.1 Å². The number of anilines is 1. The molecule has 0 aromatic heterocycles. The zero-order valence-corrected chi connectivity index (χ0v) is 10.0. The third kappa shape index (κ3) is 3.49. The second-order valence-corrected chi connectivity index (χ2v) is 3.66. The first kappa shape index (κ1) is 15.1. The summed E-state index contributed by atoms with van der Waals surface area (Å²) in [5.41, 5.74) is 4.33. The molecule has 1 rings (SSSR count). The van der Waals surface area contributed by atoms with Crippen molar-refractivity contribution in [3.8, 4) is 5.75 Å². The normalized spacial score (nSPS) is 12.9. The number of esters is 1. The van der Waals surface area contributed by atoms with Gasteiger partial charge in [0.05, 0.1) is 12.8 Å². The fraction of sp³-hybridized carbons (Fsp3) is 0.364. The molecule has 0 aliphatic heterocycles. The summed E-state index contributed by atoms with van der Waals surface area (Å²) in [5.74, 6) is -2.47. The molecule has 106 valence electrons. The molecule has 0 fully saturated rings. The van der Waals surface area contributed by atoms with Crippen LogP contribution in [0.15, 0.2) is 12.1 Å². The van der Waals surface area contributed by atoms with Crippen LogP contribution in [0.25, 0.3) is 0 Å². The van der Waals surface area contributed by atoms with E-state index in [1.807, 2.05) is 0 Å². The Morgan fingerprint density at radius 2 is 1.95 bits per heavy atom. The zero-order chi connectivity index (χ0) is 14.8. The maximum Gasteiger partial charge on any atom is 0.425 e. The lowest BCUT2D eigenvalue weighted by atomic mass is 10.1. The maximum atomic E-state index is 13.2. The fourth-order valence-electron chi connectivity index (χ4n) is 1.19. The Kier molecular flexibility index (Phi) is 4.23. The molecule has 0 heterocycles. The first-order valence-corrected chi connectivity index (χ1v) is 5.07. The highest BCUT2D eigenvalue weighted by Gasteiger charge is 2.38. The highest BCUT2D eigenvalue weighted by molar-refractivity contribution is 5.93. The van der Waals surface area contributed by atoms with E-state index < -0.39 is 41.1 Å². The number of hydrogen-bond donors (Lipinski definition) is 1. The molecule has 0 spiro atoms. The van der Waals surface area contributed by atoms with Crippen molar-refractivity contribution >= 4 is 11.7 Å². The van der Waals surface area contributed by atoms with E-state index in [2.05, 4.69) is 9.47 Å². The standard InChI is InChI=1S/C11H11F4NO3/c1-5(11(13,14)15)19-9-4-8(16)7(12)3-6(9)10(17)18-2/h3-5H,16H2,1-2H3/t5-/m0/s1. The summed E-state index contributed by atoms with van der Waals surface area (Å²) in [6.07, 6.45) is -6.81. The number of hydrogen-bond acceptors (Lipinski definition) is 4. The van der Waals surface area contributed by atoms with Crippen molar-refractivity contribution in [2.45, 2.75) is 19.2 Å². The fourth-order valence-corrected chi connectivity index (χ4v) is 1.19. The lowest BCUT2D eigenvalue weighted by molar-refractivity contribution is -0.189. The number of ether oxygens (including phenoxy) is 2. The minimum atomic E-state index is -4.63. The molecule has 0 aliphatic carbocycles. The Labute approximate surface area is 106 Å². The van der Waals surface area contributed by atoms with Gasteiger partial charge < -0.3 is 15.2 Å². The third-order valence-corrected chi connectivity index (χ3v) is 2.27. The predicted octanol–water partition coefficient (Wildman–Crippen LogP) is 2.52. The summed E-state index contributed by atoms with van der Waals surface area (Å²) in [5, 5.41) is 0. The van der Waals surface area contributed by atoms with Gasteiger partial charge in [0.15, 0.2) is 6.10 Å². The van der Waals surface area contributed by atoms with Crippen molar-refractivity contribution in [1.82, 2.24) is 0 Å². The Hall–Kier alpha value is -1.99. The molecule has 0 saturated heterocycles. The zero-order valence-electron chi connectivity index (χ0n) is 10.0. The van der Waals surface area contributed by atoms with Gasteiger partial charge in [-0.05, 0) is 13.0 Å². The summed E-state index contributed by atoms with van der Waals surface area (Å²) >= 11 is 0. The van der Waals surface area contributed by atoms with Crippen LogP contribution in [0.2, 0.25) is 0 Å². The van der Waals surface area contributed by atoms with Crippen LogP contribution in [-0.2, 0) is 4.74 Å². The number of nitrogens with two attached hydrogens (primary N) is 1. The molecule has 1 aromatic carbocycles. The smallest absolute Gasteiger partial charge is 0.425 e. The Morgan fingerprint density at radius 1 is 1.37 bits per heavy atom. The summed E-state index contributed by atoms with van der Waals surface area (Å²) in [7, 11) is 1.01. The van der Waals surface area contributed by atoms with Gasteiger partial charge in [-0.25, -0.2) is 9.18 Å². The van der Waals surface area contributed by atoms with Gasteiger partial charge in [0, 0.05) is 6.07 Å². The maximum absolute atomic E-state index is 13.2. The van der Waals surface area contributed by atoms with E-state index >= 15 is 0 Å². The van der Waals surface area contributed by atoms with Crippen LogP contribution in [0.4, 0.5) is 23.2 Å². The molecular formula is C11H11F4NO3. The lowest BCUT2D eigenvalue weighted by Gasteiger charge is -2.19. The molecule has 0 bridgehead atoms. The van der Waals surface area contributed by atoms with Crippen LogP contribution < -0.4 is 10.5 Å². The molecule has 4 nitrogen and oxygen atoms in total. The molecule has 0 aliphatic rings. The quantitative estimate of drug-likeness (QED) is 0.525. The molecule has 1 aromatic rings. The van der Waals surface area contributed by atoms with Crippen LogP contribution in [0.3, 0.4) is 0 Å². The molecule has 8 heteroatoms. The number of benzene rings is 1. The van der Waals surface area contributed by atoms with Gasteiger partial charge in [0.2, 0.25) is 0 Å². The van der Waals surface area contributed by atoms with Crippen molar-refractivity contribution in [2.24, 2.45) is 0 Å². The summed E-state index contributed by atoms with van der Waals surface area (Å²) < 4.78 is 59.3. The molecule has 0 amide bonds. The first-order valence-electron chi connectivity index (χ1n) is 5.07. The van der Waals surface area contributed by atoms with E-state index in [0.717, 1.165) is 20.1 Å². The summed E-state index contributed by atoms with van der Waals surface area (Å²) in [4.78, 5) is 11.3. The molecule has 2 N–H and O–H groups in total. The van der Waals surface area contributed by atoms with E-state index in [1.54, 1.807) is 0 Å². The van der Waals surface area contributed by atoms with Gasteiger partial charge in [-0.1, -0.05) is 0 Å². The number of rotatable bonds is 3. The number of carbonyl (C=O) groups excluding carboxylic acids is 1. The number of alkyl halides is 3. The van der Waals surface area contributed by atoms with E-state index in [-0.39, 0.29) is 0 Å². The molecule has 1 atom stereocenters. The van der Waals surface area contributed by atoms with Crippen molar-refractivity contribution in [3.05, 3.63) is 23.5 Å². The Bertz CT molecular complexity index is 488. The monoisotopic (exact) mass is 281 g/mol. The second kappa shape index (κ2) is 5.33. The average Bonchev–Trinajstić information content (AvgIpc) is 2.31. The highest BCUT2D eigenvalue weighted by atomic mass is 19.4. The van der Waals surface area contributed by atoms with E-state index in [9.17, 15) is 22.4 Å². The summed E-state index contributed by atoms with van der Waals surface area (Å²) in [6, 6.07) is 1.48. The largest absolute Gasteiger partial charge is 0.480 e. The summed E-state index contributed by atoms with van der Waals surface area (Å²) in [6.45, 7) is 0.751. The number of carbonyl (C=O) groups is 1. The average molecular weight is 281 g/mol. The van der Waals surface area contributed by atoms with Crippen molar-refractivity contribution < 1.29 is 31.8 Å². The van der Waals surface area contributed by atoms with Gasteiger partial charge in [-0.15, -0.1) is 0 Å². The molecule has 0 saturated carbocycles. The van der Waals surface area contributed by atoms with Crippen LogP contribution in [0, 0.1) is 5.82 Å². The van der Waals surface area contributed by atoms with Crippen LogP contribution >= 0.6 is 0 Å². The Morgan fingerprint density at radius 3 is 2.42 bits per heavy atom. The number of halogens is 4. The van der Waals surface area contributed by atoms with Crippen molar-refractivity contribution in [2.75, 3.05) is 12.8 Å². The molecule has 0 unspecified atom stereocenters. The topological polar surface area (TPSA) is 61.5 Å². The van der Waals surface area contributed by atoms with Crippen LogP contribution in [0.5, 0.6) is 5.75 Å². The van der Waals surface area contributed by atoms with Crippen molar-refractivity contribution in [3.63, 3.8) is 0 Å². The number of nitrogen functional groups attached to an aromatic ring is 1. The SMILES string of the molecule is COC(=O)c1cc(F)c(N)cc1O[C@@H](C)C(F)(F)F. The van der Waals surface area contributed by atoms with Crippen LogP contribution in [0.1, 0.15) is 17.3 Å².